The fourth-order valence-corrected chi connectivity index (χ4v) is 2.04. The average Bonchev–Trinajstić information content (AvgIpc) is 2.33. The number of methoxy groups -OCH3 is 1. The molecule has 2 atom stereocenters. The number of hydrogen-bond acceptors (Lipinski definition) is 5. The van der Waals surface area contributed by atoms with Crippen LogP contribution in [0, 0.1) is 5.92 Å². The summed E-state index contributed by atoms with van der Waals surface area (Å²) in [7, 11) is 1.55. The third-order valence-electron chi connectivity index (χ3n) is 3.31. The summed E-state index contributed by atoms with van der Waals surface area (Å²) in [5.74, 6) is 1.60. The van der Waals surface area contributed by atoms with Gasteiger partial charge in [-0.2, -0.15) is 4.98 Å². The Kier molecular flexibility index (Phi) is 3.38. The maximum atomic E-state index is 9.87. The van der Waals surface area contributed by atoms with E-state index < -0.39 is 0 Å². The molecule has 1 saturated heterocycles. The Hall–Kier alpha value is -1.49. The van der Waals surface area contributed by atoms with E-state index in [0.717, 1.165) is 18.8 Å². The van der Waals surface area contributed by atoms with Crippen molar-refractivity contribution >= 4 is 11.5 Å². The van der Waals surface area contributed by atoms with Gasteiger partial charge in [0, 0.05) is 13.1 Å². The second-order valence-electron chi connectivity index (χ2n) is 4.55. The fraction of sp³-hybridized carbons (Fsp3) is 0.583. The molecule has 1 aromatic rings. The predicted octanol–water partition coefficient (Wildman–Crippen LogP) is 0.880. The first-order chi connectivity index (χ1) is 8.11. The number of piperidine rings is 1. The second-order valence-corrected chi connectivity index (χ2v) is 4.55. The second kappa shape index (κ2) is 4.79. The maximum absolute atomic E-state index is 9.87. The van der Waals surface area contributed by atoms with Gasteiger partial charge in [0.05, 0.1) is 18.9 Å². The van der Waals surface area contributed by atoms with E-state index in [0.29, 0.717) is 24.0 Å². The molecule has 0 aromatic carbocycles. The molecule has 2 heterocycles. The molecular weight excluding hydrogens is 218 g/mol. The molecule has 5 heteroatoms. The molecule has 0 spiro atoms. The van der Waals surface area contributed by atoms with Crippen LogP contribution in [0.25, 0.3) is 0 Å². The maximum Gasteiger partial charge on any atom is 0.238 e. The smallest absolute Gasteiger partial charge is 0.238 e. The first-order valence-corrected chi connectivity index (χ1v) is 5.85. The van der Waals surface area contributed by atoms with Gasteiger partial charge in [0.1, 0.15) is 5.82 Å². The summed E-state index contributed by atoms with van der Waals surface area (Å²) in [5, 5.41) is 9.87. The van der Waals surface area contributed by atoms with Crippen molar-refractivity contribution in [1.82, 2.24) is 4.98 Å². The molecule has 17 heavy (non-hydrogen) atoms. The highest BCUT2D eigenvalue weighted by molar-refractivity contribution is 5.54. The minimum Gasteiger partial charge on any atom is -0.479 e. The number of ether oxygens (including phenoxy) is 1. The van der Waals surface area contributed by atoms with E-state index in [1.54, 1.807) is 13.2 Å². The first-order valence-electron chi connectivity index (χ1n) is 5.85. The van der Waals surface area contributed by atoms with Crippen LogP contribution < -0.4 is 15.4 Å². The zero-order valence-corrected chi connectivity index (χ0v) is 10.3. The van der Waals surface area contributed by atoms with Gasteiger partial charge in [-0.1, -0.05) is 6.92 Å². The summed E-state index contributed by atoms with van der Waals surface area (Å²) in [5.41, 5.74) is 6.25. The van der Waals surface area contributed by atoms with E-state index in [4.69, 9.17) is 10.5 Å². The van der Waals surface area contributed by atoms with Gasteiger partial charge < -0.3 is 20.5 Å². The average molecular weight is 237 g/mol. The van der Waals surface area contributed by atoms with Gasteiger partial charge in [0.2, 0.25) is 5.88 Å². The van der Waals surface area contributed by atoms with Crippen molar-refractivity contribution in [2.75, 3.05) is 30.8 Å². The predicted molar refractivity (Wildman–Crippen MR) is 67.2 cm³/mol. The number of nitrogens with two attached hydrogens (primary N) is 1. The van der Waals surface area contributed by atoms with Crippen LogP contribution >= 0.6 is 0 Å². The molecule has 0 radical (unpaired) electrons. The van der Waals surface area contributed by atoms with Crippen molar-refractivity contribution in [2.24, 2.45) is 5.92 Å². The van der Waals surface area contributed by atoms with Crippen molar-refractivity contribution < 1.29 is 9.84 Å². The number of hydrogen-bond donors (Lipinski definition) is 2. The third kappa shape index (κ3) is 2.44. The summed E-state index contributed by atoms with van der Waals surface area (Å²) in [6.07, 6.45) is 0.671. The van der Waals surface area contributed by atoms with Gasteiger partial charge in [-0.3, -0.25) is 0 Å². The van der Waals surface area contributed by atoms with Gasteiger partial charge in [0.15, 0.2) is 0 Å². The molecule has 1 aliphatic heterocycles. The topological polar surface area (TPSA) is 71.6 Å². The highest BCUT2D eigenvalue weighted by Crippen LogP contribution is 2.26. The van der Waals surface area contributed by atoms with E-state index in [1.165, 1.54) is 0 Å². The minimum absolute atomic E-state index is 0.297. The van der Waals surface area contributed by atoms with Crippen LogP contribution in [0.15, 0.2) is 12.1 Å². The van der Waals surface area contributed by atoms with Gasteiger partial charge in [-0.05, 0) is 24.5 Å². The highest BCUT2D eigenvalue weighted by atomic mass is 16.5. The molecule has 0 aliphatic carbocycles. The largest absolute Gasteiger partial charge is 0.479 e. The molecule has 5 nitrogen and oxygen atoms in total. The minimum atomic E-state index is -0.297. The fourth-order valence-electron chi connectivity index (χ4n) is 2.04. The van der Waals surface area contributed by atoms with Crippen LogP contribution in [-0.4, -0.2) is 36.4 Å². The lowest BCUT2D eigenvalue weighted by Crippen LogP contribution is -2.43. The van der Waals surface area contributed by atoms with Gasteiger partial charge in [-0.25, -0.2) is 0 Å². The van der Waals surface area contributed by atoms with E-state index in [1.807, 2.05) is 6.07 Å². The number of anilines is 2. The summed E-state index contributed by atoms with van der Waals surface area (Å²) in [6, 6.07) is 3.64. The Morgan fingerprint density at radius 2 is 2.29 bits per heavy atom. The molecule has 3 N–H and O–H groups in total. The van der Waals surface area contributed by atoms with Crippen molar-refractivity contribution in [2.45, 2.75) is 19.4 Å². The lowest BCUT2D eigenvalue weighted by Gasteiger charge is -2.35. The Labute approximate surface area is 101 Å². The summed E-state index contributed by atoms with van der Waals surface area (Å²) < 4.78 is 5.10. The number of aliphatic hydroxyl groups is 1. The molecule has 94 valence electrons. The molecule has 2 unspecified atom stereocenters. The van der Waals surface area contributed by atoms with Gasteiger partial charge in [0.25, 0.3) is 0 Å². The molecule has 2 rings (SSSR count). The summed E-state index contributed by atoms with van der Waals surface area (Å²) >= 11 is 0. The zero-order valence-electron chi connectivity index (χ0n) is 10.3. The number of aliphatic hydroxyl groups excluding tert-OH is 1. The molecule has 1 fully saturated rings. The number of nitrogens with zero attached hydrogens (tertiary/aromatic N) is 2. The van der Waals surface area contributed by atoms with Crippen molar-refractivity contribution in [3.05, 3.63) is 12.1 Å². The molecule has 0 saturated carbocycles. The Morgan fingerprint density at radius 1 is 1.53 bits per heavy atom. The Morgan fingerprint density at radius 3 is 2.94 bits per heavy atom. The van der Waals surface area contributed by atoms with Crippen LogP contribution in [0.4, 0.5) is 11.5 Å². The van der Waals surface area contributed by atoms with E-state index in [9.17, 15) is 5.11 Å². The number of β-amino-alcohol motifs (C(OH)–C–C–N with tert-alkyl or cyclic N) is 1. The summed E-state index contributed by atoms with van der Waals surface area (Å²) in [6.45, 7) is 3.58. The standard InChI is InChI=1S/C12H19N3O2/c1-8-5-6-15(7-10(8)16)11-4-3-9(13)12(14-11)17-2/h3-4,8,10,16H,5-7,13H2,1-2H3. The van der Waals surface area contributed by atoms with Crippen LogP contribution in [0.2, 0.25) is 0 Å². The zero-order chi connectivity index (χ0) is 12.4. The number of aromatic nitrogens is 1. The highest BCUT2D eigenvalue weighted by Gasteiger charge is 2.25. The Balaban J connectivity index is 2.17. The Bertz CT molecular complexity index is 397. The SMILES string of the molecule is COc1nc(N2CCC(C)C(O)C2)ccc1N. The molecule has 0 amide bonds. The van der Waals surface area contributed by atoms with E-state index in [2.05, 4.69) is 16.8 Å². The van der Waals surface area contributed by atoms with Crippen molar-refractivity contribution in [3.63, 3.8) is 0 Å². The van der Waals surface area contributed by atoms with Gasteiger partial charge >= 0.3 is 0 Å². The van der Waals surface area contributed by atoms with Crippen LogP contribution in [-0.2, 0) is 0 Å². The summed E-state index contributed by atoms with van der Waals surface area (Å²) in [4.78, 5) is 6.40. The lowest BCUT2D eigenvalue weighted by molar-refractivity contribution is 0.102. The third-order valence-corrected chi connectivity index (χ3v) is 3.31. The van der Waals surface area contributed by atoms with Crippen LogP contribution in [0.5, 0.6) is 5.88 Å². The quantitative estimate of drug-likeness (QED) is 0.799. The van der Waals surface area contributed by atoms with Crippen molar-refractivity contribution in [1.29, 1.82) is 0 Å². The number of pyridine rings is 1. The van der Waals surface area contributed by atoms with Crippen LogP contribution in [0.1, 0.15) is 13.3 Å². The van der Waals surface area contributed by atoms with Gasteiger partial charge in [-0.15, -0.1) is 0 Å². The number of rotatable bonds is 2. The monoisotopic (exact) mass is 237 g/mol. The normalized spacial score (nSPS) is 24.8. The molecular formula is C12H19N3O2. The van der Waals surface area contributed by atoms with E-state index >= 15 is 0 Å². The van der Waals surface area contributed by atoms with Crippen LogP contribution in [0.3, 0.4) is 0 Å². The molecule has 0 bridgehead atoms. The number of nitrogen functional groups attached to an aromatic ring is 1. The van der Waals surface area contributed by atoms with Crippen molar-refractivity contribution in [3.8, 4) is 5.88 Å². The molecule has 1 aromatic heterocycles. The lowest BCUT2D eigenvalue weighted by atomic mass is 9.96. The first kappa shape index (κ1) is 12.0. The molecule has 1 aliphatic rings. The van der Waals surface area contributed by atoms with E-state index in [-0.39, 0.29) is 6.10 Å².